The number of imidazole rings is 1. The van der Waals surface area contributed by atoms with Crippen molar-refractivity contribution >= 4 is 21.4 Å². The summed E-state index contributed by atoms with van der Waals surface area (Å²) < 4.78 is 29.3. The summed E-state index contributed by atoms with van der Waals surface area (Å²) in [4.78, 5) is 4.87. The molecular formula is C13H20N4O2S2. The highest BCUT2D eigenvalue weighted by molar-refractivity contribution is 7.91. The third-order valence-electron chi connectivity index (χ3n) is 3.14. The van der Waals surface area contributed by atoms with Gasteiger partial charge in [-0.25, -0.2) is 18.1 Å². The van der Waals surface area contributed by atoms with Crippen LogP contribution in [0, 0.1) is 6.92 Å². The van der Waals surface area contributed by atoms with Gasteiger partial charge in [0.05, 0.1) is 6.33 Å². The second-order valence-corrected chi connectivity index (χ2v) is 7.91. The van der Waals surface area contributed by atoms with Gasteiger partial charge < -0.3 is 10.3 Å². The Morgan fingerprint density at radius 3 is 2.86 bits per heavy atom. The zero-order chi connectivity index (χ0) is 15.3. The Balaban J connectivity index is 1.80. The van der Waals surface area contributed by atoms with Gasteiger partial charge in [-0.05, 0) is 31.4 Å². The van der Waals surface area contributed by atoms with Crippen molar-refractivity contribution in [2.24, 2.45) is 5.73 Å². The van der Waals surface area contributed by atoms with E-state index in [0.717, 1.165) is 29.8 Å². The van der Waals surface area contributed by atoms with E-state index >= 15 is 0 Å². The monoisotopic (exact) mass is 328 g/mol. The zero-order valence-electron chi connectivity index (χ0n) is 11.9. The molecule has 0 radical (unpaired) electrons. The molecule has 0 aliphatic rings. The molecule has 0 atom stereocenters. The first kappa shape index (κ1) is 16.2. The molecule has 116 valence electrons. The van der Waals surface area contributed by atoms with Gasteiger partial charge in [-0.15, -0.1) is 11.3 Å². The van der Waals surface area contributed by atoms with Crippen molar-refractivity contribution in [1.29, 1.82) is 0 Å². The van der Waals surface area contributed by atoms with Crippen LogP contribution in [0.4, 0.5) is 0 Å². The third kappa shape index (κ3) is 4.37. The first-order chi connectivity index (χ1) is 10.0. The van der Waals surface area contributed by atoms with Crippen LogP contribution in [-0.2, 0) is 23.1 Å². The number of nitrogens with two attached hydrogens (primary N) is 1. The number of aryl methyl sites for hydroxylation is 2. The number of nitrogens with one attached hydrogen (secondary N) is 1. The van der Waals surface area contributed by atoms with Gasteiger partial charge in [-0.2, -0.15) is 0 Å². The van der Waals surface area contributed by atoms with Gasteiger partial charge in [-0.3, -0.25) is 0 Å². The number of hydrogen-bond donors (Lipinski definition) is 2. The van der Waals surface area contributed by atoms with Gasteiger partial charge >= 0.3 is 0 Å². The summed E-state index contributed by atoms with van der Waals surface area (Å²) in [6.07, 6.45) is 7.07. The summed E-state index contributed by atoms with van der Waals surface area (Å²) in [7, 11) is -3.41. The van der Waals surface area contributed by atoms with E-state index in [1.807, 2.05) is 17.7 Å². The lowest BCUT2D eigenvalue weighted by atomic mass is 10.3. The van der Waals surface area contributed by atoms with Crippen molar-refractivity contribution in [1.82, 2.24) is 14.3 Å². The van der Waals surface area contributed by atoms with Crippen LogP contribution < -0.4 is 10.5 Å². The molecule has 0 aromatic carbocycles. The fourth-order valence-corrected chi connectivity index (χ4v) is 4.53. The molecule has 0 saturated carbocycles. The number of aromatic nitrogens is 2. The highest BCUT2D eigenvalue weighted by Crippen LogP contribution is 2.25. The summed E-state index contributed by atoms with van der Waals surface area (Å²) >= 11 is 1.24. The summed E-state index contributed by atoms with van der Waals surface area (Å²) in [6.45, 7) is 3.53. The van der Waals surface area contributed by atoms with Crippen LogP contribution in [0.2, 0.25) is 0 Å². The molecule has 0 unspecified atom stereocenters. The molecule has 0 aliphatic carbocycles. The Morgan fingerprint density at radius 1 is 1.43 bits per heavy atom. The fourth-order valence-electron chi connectivity index (χ4n) is 1.94. The maximum atomic E-state index is 12.1. The van der Waals surface area contributed by atoms with Gasteiger partial charge in [-0.1, -0.05) is 0 Å². The lowest BCUT2D eigenvalue weighted by Gasteiger charge is -2.05. The van der Waals surface area contributed by atoms with Crippen molar-refractivity contribution in [2.75, 3.05) is 6.54 Å². The van der Waals surface area contributed by atoms with Gasteiger partial charge in [0, 0.05) is 36.9 Å². The molecule has 6 nitrogen and oxygen atoms in total. The largest absolute Gasteiger partial charge is 0.337 e. The van der Waals surface area contributed by atoms with Gasteiger partial charge in [0.25, 0.3) is 0 Å². The van der Waals surface area contributed by atoms with Crippen LogP contribution in [0.15, 0.2) is 29.0 Å². The Hall–Kier alpha value is -1.22. The third-order valence-corrected chi connectivity index (χ3v) is 6.34. The van der Waals surface area contributed by atoms with Gasteiger partial charge in [0.15, 0.2) is 0 Å². The predicted octanol–water partition coefficient (Wildman–Crippen LogP) is 1.47. The number of sulfonamides is 1. The van der Waals surface area contributed by atoms with E-state index in [4.69, 9.17) is 5.73 Å². The average Bonchev–Trinajstić information content (AvgIpc) is 3.07. The molecule has 21 heavy (non-hydrogen) atoms. The topological polar surface area (TPSA) is 90.0 Å². The van der Waals surface area contributed by atoms with E-state index in [-0.39, 0.29) is 0 Å². The second-order valence-electron chi connectivity index (χ2n) is 4.78. The number of rotatable bonds is 8. The van der Waals surface area contributed by atoms with Crippen LogP contribution in [0.3, 0.4) is 0 Å². The number of hydrogen-bond acceptors (Lipinski definition) is 5. The highest BCUT2D eigenvalue weighted by Gasteiger charge is 2.17. The van der Waals surface area contributed by atoms with Gasteiger partial charge in [0.2, 0.25) is 10.0 Å². The molecule has 0 amide bonds. The van der Waals surface area contributed by atoms with E-state index < -0.39 is 10.0 Å². The van der Waals surface area contributed by atoms with Crippen molar-refractivity contribution in [3.63, 3.8) is 0 Å². The normalized spacial score (nSPS) is 11.9. The minimum atomic E-state index is -3.41. The Bertz CT molecular complexity index is 662. The maximum absolute atomic E-state index is 12.1. The average molecular weight is 328 g/mol. The predicted molar refractivity (Wildman–Crippen MR) is 83.6 cm³/mol. The first-order valence-corrected chi connectivity index (χ1v) is 9.07. The summed E-state index contributed by atoms with van der Waals surface area (Å²) in [6, 6.07) is 1.68. The fraction of sp³-hybridized carbons (Fsp3) is 0.462. The zero-order valence-corrected chi connectivity index (χ0v) is 13.6. The Morgan fingerprint density at radius 2 is 2.24 bits per heavy atom. The van der Waals surface area contributed by atoms with Crippen LogP contribution >= 0.6 is 11.3 Å². The minimum Gasteiger partial charge on any atom is -0.337 e. The molecular weight excluding hydrogens is 308 g/mol. The molecule has 0 bridgehead atoms. The van der Waals surface area contributed by atoms with Crippen LogP contribution in [0.1, 0.15) is 23.3 Å². The van der Waals surface area contributed by atoms with E-state index in [2.05, 4.69) is 9.71 Å². The van der Waals surface area contributed by atoms with E-state index in [0.29, 0.717) is 17.3 Å². The first-order valence-electron chi connectivity index (χ1n) is 6.77. The van der Waals surface area contributed by atoms with Gasteiger partial charge in [0.1, 0.15) is 4.21 Å². The molecule has 0 aliphatic heterocycles. The number of nitrogens with zero attached hydrogens (tertiary/aromatic N) is 2. The minimum absolute atomic E-state index is 0.343. The summed E-state index contributed by atoms with van der Waals surface area (Å²) in [5, 5.41) is 0. The van der Waals surface area contributed by atoms with Crippen molar-refractivity contribution < 1.29 is 8.42 Å². The van der Waals surface area contributed by atoms with Crippen molar-refractivity contribution in [2.45, 2.75) is 37.1 Å². The Kier molecular flexibility index (Phi) is 5.51. The quantitative estimate of drug-likeness (QED) is 0.718. The lowest BCUT2D eigenvalue weighted by Crippen LogP contribution is -2.24. The molecule has 8 heteroatoms. The lowest BCUT2D eigenvalue weighted by molar-refractivity contribution is 0.567. The molecule has 2 rings (SSSR count). The molecule has 3 N–H and O–H groups in total. The molecule has 2 aromatic heterocycles. The maximum Gasteiger partial charge on any atom is 0.250 e. The standard InChI is InChI=1S/C13H20N4O2S2/c1-11-8-13(20-12(11)9-14)21(18,19)16-4-2-3-6-17-7-5-15-10-17/h5,7-8,10,16H,2-4,6,9,14H2,1H3. The molecule has 2 aromatic rings. The van der Waals surface area contributed by atoms with Crippen LogP contribution in [-0.4, -0.2) is 24.5 Å². The van der Waals surface area contributed by atoms with Crippen LogP contribution in [0.25, 0.3) is 0 Å². The highest BCUT2D eigenvalue weighted by atomic mass is 32.2. The molecule has 2 heterocycles. The summed E-state index contributed by atoms with van der Waals surface area (Å²) in [5.74, 6) is 0. The second kappa shape index (κ2) is 7.17. The summed E-state index contributed by atoms with van der Waals surface area (Å²) in [5.41, 5.74) is 6.51. The Labute approximate surface area is 129 Å². The van der Waals surface area contributed by atoms with E-state index in [9.17, 15) is 8.42 Å². The number of thiophene rings is 1. The van der Waals surface area contributed by atoms with Crippen molar-refractivity contribution in [3.8, 4) is 0 Å². The van der Waals surface area contributed by atoms with Crippen molar-refractivity contribution in [3.05, 3.63) is 35.2 Å². The number of unbranched alkanes of at least 4 members (excludes halogenated alkanes) is 1. The van der Waals surface area contributed by atoms with E-state index in [1.165, 1.54) is 11.3 Å². The van der Waals surface area contributed by atoms with Crippen LogP contribution in [0.5, 0.6) is 0 Å². The SMILES string of the molecule is Cc1cc(S(=O)(=O)NCCCCn2ccnc2)sc1CN. The molecule has 0 saturated heterocycles. The smallest absolute Gasteiger partial charge is 0.250 e. The molecule has 0 fully saturated rings. The molecule has 0 spiro atoms. The van der Waals surface area contributed by atoms with E-state index in [1.54, 1.807) is 18.6 Å².